The highest BCUT2D eigenvalue weighted by Crippen LogP contribution is 2.30. The van der Waals surface area contributed by atoms with E-state index in [1.807, 2.05) is 37.3 Å². The summed E-state index contributed by atoms with van der Waals surface area (Å²) in [6.45, 7) is 2.79. The van der Waals surface area contributed by atoms with Crippen LogP contribution >= 0.6 is 0 Å². The van der Waals surface area contributed by atoms with Crippen LogP contribution in [0.4, 0.5) is 4.79 Å². The highest BCUT2D eigenvalue weighted by atomic mass is 32.2. The first-order chi connectivity index (χ1) is 13.4. The van der Waals surface area contributed by atoms with Crippen molar-refractivity contribution in [3.8, 4) is 5.75 Å². The largest absolute Gasteiger partial charge is 0.492 e. The van der Waals surface area contributed by atoms with Crippen molar-refractivity contribution in [2.24, 2.45) is 0 Å². The SMILES string of the molecule is CCCCS(=O)(=O)N1CCC2(CC1)NC(=O)N(CCOc1ccccc1)C2=O. The van der Waals surface area contributed by atoms with Gasteiger partial charge in [0.2, 0.25) is 10.0 Å². The Morgan fingerprint density at radius 3 is 2.46 bits per heavy atom. The number of unbranched alkanes of at least 4 members (excludes halogenated alkanes) is 1. The van der Waals surface area contributed by atoms with Crippen LogP contribution in [0.3, 0.4) is 0 Å². The maximum absolute atomic E-state index is 12.9. The van der Waals surface area contributed by atoms with E-state index >= 15 is 0 Å². The molecule has 0 atom stereocenters. The summed E-state index contributed by atoms with van der Waals surface area (Å²) in [6.07, 6.45) is 2.01. The molecule has 1 aromatic carbocycles. The molecule has 1 spiro atoms. The summed E-state index contributed by atoms with van der Waals surface area (Å²) in [5.41, 5.74) is -0.999. The molecule has 2 aliphatic heterocycles. The second-order valence-corrected chi connectivity index (χ2v) is 9.29. The second kappa shape index (κ2) is 8.48. The number of sulfonamides is 1. The highest BCUT2D eigenvalue weighted by molar-refractivity contribution is 7.89. The fourth-order valence-electron chi connectivity index (χ4n) is 3.59. The van der Waals surface area contributed by atoms with Crippen LogP contribution in [0.25, 0.3) is 0 Å². The molecule has 2 aliphatic rings. The van der Waals surface area contributed by atoms with Crippen molar-refractivity contribution in [3.05, 3.63) is 30.3 Å². The first-order valence-electron chi connectivity index (χ1n) is 9.68. The van der Waals surface area contributed by atoms with Crippen molar-refractivity contribution in [3.63, 3.8) is 0 Å². The van der Waals surface area contributed by atoms with E-state index < -0.39 is 21.6 Å². The van der Waals surface area contributed by atoms with Crippen molar-refractivity contribution >= 4 is 22.0 Å². The van der Waals surface area contributed by atoms with E-state index in [1.165, 1.54) is 9.21 Å². The molecule has 3 rings (SSSR count). The van der Waals surface area contributed by atoms with Gasteiger partial charge in [-0.2, -0.15) is 0 Å². The Labute approximate surface area is 165 Å². The van der Waals surface area contributed by atoms with Gasteiger partial charge < -0.3 is 10.1 Å². The summed E-state index contributed by atoms with van der Waals surface area (Å²) in [5.74, 6) is 0.509. The van der Waals surface area contributed by atoms with Crippen LogP contribution in [0.1, 0.15) is 32.6 Å². The average Bonchev–Trinajstić information content (AvgIpc) is 2.91. The van der Waals surface area contributed by atoms with E-state index in [2.05, 4.69) is 5.32 Å². The number of hydrogen-bond donors (Lipinski definition) is 1. The molecular weight excluding hydrogens is 382 g/mol. The summed E-state index contributed by atoms with van der Waals surface area (Å²) in [5, 5.41) is 2.79. The number of nitrogens with one attached hydrogen (secondary N) is 1. The third-order valence-electron chi connectivity index (χ3n) is 5.30. The van der Waals surface area contributed by atoms with E-state index in [1.54, 1.807) is 0 Å². The zero-order valence-electron chi connectivity index (χ0n) is 16.1. The van der Waals surface area contributed by atoms with Gasteiger partial charge in [0, 0.05) is 13.1 Å². The number of carbonyl (C=O) groups excluding carboxylic acids is 2. The van der Waals surface area contributed by atoms with Crippen molar-refractivity contribution in [1.29, 1.82) is 0 Å². The average molecular weight is 410 g/mol. The molecule has 0 bridgehead atoms. The number of para-hydroxylation sites is 1. The topological polar surface area (TPSA) is 96.0 Å². The molecule has 0 aliphatic carbocycles. The lowest BCUT2D eigenvalue weighted by Crippen LogP contribution is -2.56. The number of benzene rings is 1. The van der Waals surface area contributed by atoms with E-state index in [-0.39, 0.29) is 37.9 Å². The zero-order chi connectivity index (χ0) is 20.2. The molecule has 8 nitrogen and oxygen atoms in total. The normalized spacial score (nSPS) is 19.8. The third kappa shape index (κ3) is 4.30. The Balaban J connectivity index is 1.56. The molecule has 0 unspecified atom stereocenters. The van der Waals surface area contributed by atoms with Crippen LogP contribution in [0.2, 0.25) is 0 Å². The lowest BCUT2D eigenvalue weighted by molar-refractivity contribution is -0.132. The van der Waals surface area contributed by atoms with E-state index in [0.717, 1.165) is 6.42 Å². The smallest absolute Gasteiger partial charge is 0.325 e. The predicted molar refractivity (Wildman–Crippen MR) is 104 cm³/mol. The Morgan fingerprint density at radius 2 is 1.82 bits per heavy atom. The summed E-state index contributed by atoms with van der Waals surface area (Å²) < 4.78 is 31.7. The monoisotopic (exact) mass is 409 g/mol. The van der Waals surface area contributed by atoms with Crippen LogP contribution in [0.15, 0.2) is 30.3 Å². The molecule has 28 heavy (non-hydrogen) atoms. The molecule has 3 amide bonds. The Bertz CT molecular complexity index is 804. The van der Waals surface area contributed by atoms with Crippen LogP contribution < -0.4 is 10.1 Å². The molecule has 2 fully saturated rings. The summed E-state index contributed by atoms with van der Waals surface area (Å²) in [7, 11) is -3.31. The maximum Gasteiger partial charge on any atom is 0.325 e. The number of urea groups is 1. The number of carbonyl (C=O) groups is 2. The molecule has 0 saturated carbocycles. The van der Waals surface area contributed by atoms with Crippen molar-refractivity contribution in [2.75, 3.05) is 32.0 Å². The van der Waals surface area contributed by atoms with Gasteiger partial charge in [0.1, 0.15) is 17.9 Å². The molecule has 1 N–H and O–H groups in total. The Kier molecular flexibility index (Phi) is 6.24. The standard InChI is InChI=1S/C19H27N3O5S/c1-2-3-15-28(25,26)21-11-9-19(10-12-21)17(23)22(18(24)20-19)13-14-27-16-7-5-4-6-8-16/h4-8H,2-3,9-15H2,1H3,(H,20,24). The molecule has 1 aromatic rings. The van der Waals surface area contributed by atoms with Crippen molar-refractivity contribution in [2.45, 2.75) is 38.1 Å². The number of nitrogens with zero attached hydrogens (tertiary/aromatic N) is 2. The van der Waals surface area contributed by atoms with Gasteiger partial charge in [-0.3, -0.25) is 9.69 Å². The van der Waals surface area contributed by atoms with Gasteiger partial charge in [-0.25, -0.2) is 17.5 Å². The predicted octanol–water partition coefficient (Wildman–Crippen LogP) is 1.58. The van der Waals surface area contributed by atoms with Gasteiger partial charge in [0.15, 0.2) is 0 Å². The first kappa shape index (κ1) is 20.6. The van der Waals surface area contributed by atoms with Crippen molar-refractivity contribution in [1.82, 2.24) is 14.5 Å². The number of rotatable bonds is 8. The molecule has 154 valence electrons. The van der Waals surface area contributed by atoms with Gasteiger partial charge in [0.25, 0.3) is 5.91 Å². The zero-order valence-corrected chi connectivity index (χ0v) is 16.9. The number of hydrogen-bond acceptors (Lipinski definition) is 5. The third-order valence-corrected chi connectivity index (χ3v) is 7.25. The first-order valence-corrected chi connectivity index (χ1v) is 11.3. The number of imide groups is 1. The van der Waals surface area contributed by atoms with Gasteiger partial charge >= 0.3 is 6.03 Å². The van der Waals surface area contributed by atoms with E-state index in [0.29, 0.717) is 25.0 Å². The number of ether oxygens (including phenoxy) is 1. The van der Waals surface area contributed by atoms with Crippen LogP contribution in [0, 0.1) is 0 Å². The number of amides is 3. The minimum atomic E-state index is -3.31. The van der Waals surface area contributed by atoms with Gasteiger partial charge in [-0.15, -0.1) is 0 Å². The lowest BCUT2D eigenvalue weighted by Gasteiger charge is -2.36. The fourth-order valence-corrected chi connectivity index (χ4v) is 5.24. The van der Waals surface area contributed by atoms with Gasteiger partial charge in [0.05, 0.1) is 12.3 Å². The van der Waals surface area contributed by atoms with Gasteiger partial charge in [-0.1, -0.05) is 31.5 Å². The summed E-state index contributed by atoms with van der Waals surface area (Å²) in [4.78, 5) is 26.4. The molecule has 2 saturated heterocycles. The molecular formula is C19H27N3O5S. The minimum absolute atomic E-state index is 0.125. The molecule has 0 radical (unpaired) electrons. The molecule has 2 heterocycles. The van der Waals surface area contributed by atoms with Crippen LogP contribution in [-0.4, -0.2) is 67.1 Å². The maximum atomic E-state index is 12.9. The van der Waals surface area contributed by atoms with Gasteiger partial charge in [-0.05, 0) is 31.4 Å². The van der Waals surface area contributed by atoms with Crippen molar-refractivity contribution < 1.29 is 22.7 Å². The Hall–Kier alpha value is -2.13. The highest BCUT2D eigenvalue weighted by Gasteiger charge is 2.53. The number of piperidine rings is 1. The van der Waals surface area contributed by atoms with Crippen LogP contribution in [-0.2, 0) is 14.8 Å². The second-order valence-electron chi connectivity index (χ2n) is 7.20. The fraction of sp³-hybridized carbons (Fsp3) is 0.579. The minimum Gasteiger partial charge on any atom is -0.492 e. The quantitative estimate of drug-likeness (QED) is 0.658. The Morgan fingerprint density at radius 1 is 1.14 bits per heavy atom. The van der Waals surface area contributed by atoms with E-state index in [9.17, 15) is 18.0 Å². The summed E-state index contributed by atoms with van der Waals surface area (Å²) in [6, 6.07) is 8.75. The lowest BCUT2D eigenvalue weighted by atomic mass is 9.88. The molecule has 9 heteroatoms. The summed E-state index contributed by atoms with van der Waals surface area (Å²) >= 11 is 0. The molecule has 0 aromatic heterocycles. The van der Waals surface area contributed by atoms with Crippen LogP contribution in [0.5, 0.6) is 5.75 Å². The van der Waals surface area contributed by atoms with E-state index in [4.69, 9.17) is 4.74 Å².